The number of benzene rings is 1. The molecule has 2 aliphatic rings. The van der Waals surface area contributed by atoms with Gasteiger partial charge in [0.2, 0.25) is 0 Å². The monoisotopic (exact) mass is 310 g/mol. The number of rotatable bonds is 4. The Hall–Kier alpha value is -1.56. The second-order valence-electron chi connectivity index (χ2n) is 6.19. The molecule has 1 aromatic carbocycles. The summed E-state index contributed by atoms with van der Waals surface area (Å²) in [7, 11) is -2.47. The van der Waals surface area contributed by atoms with E-state index >= 15 is 0 Å². The molecule has 114 valence electrons. The average Bonchev–Trinajstić information content (AvgIpc) is 2.35. The topological polar surface area (TPSA) is 80.7 Å². The molecule has 21 heavy (non-hydrogen) atoms. The lowest BCUT2D eigenvalue weighted by Gasteiger charge is -2.58. The van der Waals surface area contributed by atoms with Gasteiger partial charge in [-0.2, -0.15) is 0 Å². The number of carbonyl (C=O) groups is 1. The Labute approximate surface area is 123 Å². The zero-order valence-electron chi connectivity index (χ0n) is 11.8. The van der Waals surface area contributed by atoms with Gasteiger partial charge in [0, 0.05) is 0 Å². The minimum atomic E-state index is -3.92. The molecule has 0 atom stereocenters. The lowest BCUT2D eigenvalue weighted by atomic mass is 9.51. The van der Waals surface area contributed by atoms with Crippen LogP contribution < -0.4 is 4.74 Å². The van der Waals surface area contributed by atoms with Crippen LogP contribution in [0, 0.1) is 5.41 Å². The summed E-state index contributed by atoms with van der Waals surface area (Å²) in [4.78, 5) is 11.7. The van der Waals surface area contributed by atoms with Crippen LogP contribution in [0.25, 0.3) is 0 Å². The zero-order valence-corrected chi connectivity index (χ0v) is 12.6. The fourth-order valence-electron chi connectivity index (χ4n) is 3.64. The van der Waals surface area contributed by atoms with Crippen LogP contribution >= 0.6 is 0 Å². The Morgan fingerprint density at radius 1 is 1.29 bits per heavy atom. The Kier molecular flexibility index (Phi) is 3.06. The Balaban J connectivity index is 2.00. The summed E-state index contributed by atoms with van der Waals surface area (Å²) in [6.45, 7) is 0. The molecule has 1 aromatic rings. The summed E-state index contributed by atoms with van der Waals surface area (Å²) in [6.07, 6.45) is 3.41. The van der Waals surface area contributed by atoms with E-state index in [9.17, 15) is 18.3 Å². The van der Waals surface area contributed by atoms with Crippen molar-refractivity contribution in [1.82, 2.24) is 0 Å². The molecule has 2 aliphatic carbocycles. The molecule has 5 nitrogen and oxygen atoms in total. The van der Waals surface area contributed by atoms with Crippen molar-refractivity contribution in [2.75, 3.05) is 7.11 Å². The predicted octanol–water partition coefficient (Wildman–Crippen LogP) is 2.26. The first-order chi connectivity index (χ1) is 9.85. The number of aliphatic carboxylic acids is 1. The number of methoxy groups -OCH3 is 1. The normalized spacial score (nSPS) is 22.1. The van der Waals surface area contributed by atoms with Crippen molar-refractivity contribution in [3.8, 4) is 5.75 Å². The van der Waals surface area contributed by atoms with Crippen molar-refractivity contribution < 1.29 is 23.1 Å². The third-order valence-electron chi connectivity index (χ3n) is 4.99. The van der Waals surface area contributed by atoms with E-state index in [1.807, 2.05) is 0 Å². The first-order valence-electron chi connectivity index (χ1n) is 6.97. The highest BCUT2D eigenvalue weighted by molar-refractivity contribution is 7.93. The molecule has 0 heterocycles. The van der Waals surface area contributed by atoms with E-state index in [1.54, 1.807) is 12.1 Å². The maximum atomic E-state index is 12.8. The van der Waals surface area contributed by atoms with Crippen LogP contribution in [0.5, 0.6) is 5.75 Å². The minimum absolute atomic E-state index is 0.0263. The van der Waals surface area contributed by atoms with Crippen LogP contribution in [-0.2, 0) is 14.6 Å². The molecular weight excluding hydrogens is 292 g/mol. The van der Waals surface area contributed by atoms with Gasteiger partial charge in [0.1, 0.15) is 5.75 Å². The summed E-state index contributed by atoms with van der Waals surface area (Å²) in [5.74, 6) is -0.822. The van der Waals surface area contributed by atoms with E-state index in [-0.39, 0.29) is 23.2 Å². The summed E-state index contributed by atoms with van der Waals surface area (Å²) >= 11 is 0. The minimum Gasteiger partial charge on any atom is -0.497 e. The fourth-order valence-corrected chi connectivity index (χ4v) is 5.84. The highest BCUT2D eigenvalue weighted by Gasteiger charge is 2.67. The molecule has 3 rings (SSSR count). The fraction of sp³-hybridized carbons (Fsp3) is 0.533. The van der Waals surface area contributed by atoms with E-state index in [1.165, 1.54) is 19.2 Å². The lowest BCUT2D eigenvalue weighted by Crippen LogP contribution is -2.63. The third kappa shape index (κ3) is 1.88. The first-order valence-corrected chi connectivity index (χ1v) is 8.46. The molecule has 0 aromatic heterocycles. The maximum Gasteiger partial charge on any atom is 0.325 e. The highest BCUT2D eigenvalue weighted by Crippen LogP contribution is 2.64. The Bertz CT molecular complexity index is 680. The average molecular weight is 310 g/mol. The van der Waals surface area contributed by atoms with Gasteiger partial charge in [-0.05, 0) is 49.3 Å². The van der Waals surface area contributed by atoms with Crippen molar-refractivity contribution in [2.45, 2.75) is 41.7 Å². The summed E-state index contributed by atoms with van der Waals surface area (Å²) < 4.78 is 29.0. The molecule has 1 spiro atoms. The van der Waals surface area contributed by atoms with Gasteiger partial charge in [0.05, 0.1) is 12.0 Å². The molecule has 0 saturated heterocycles. The summed E-state index contributed by atoms with van der Waals surface area (Å²) in [5, 5.41) is 9.55. The van der Waals surface area contributed by atoms with Crippen LogP contribution in [-0.4, -0.2) is 31.4 Å². The zero-order chi connectivity index (χ0) is 15.3. The van der Waals surface area contributed by atoms with E-state index in [2.05, 4.69) is 0 Å². The number of hydrogen-bond donors (Lipinski definition) is 1. The van der Waals surface area contributed by atoms with Crippen molar-refractivity contribution in [3.05, 3.63) is 24.3 Å². The SMILES string of the molecule is COc1cccc(S(=O)(=O)C2(C(=O)O)CC3(CCC3)C2)c1. The van der Waals surface area contributed by atoms with Crippen molar-refractivity contribution in [3.63, 3.8) is 0 Å². The van der Waals surface area contributed by atoms with Crippen molar-refractivity contribution in [1.29, 1.82) is 0 Å². The molecule has 0 bridgehead atoms. The molecule has 2 fully saturated rings. The van der Waals surface area contributed by atoms with E-state index in [0.717, 1.165) is 19.3 Å². The van der Waals surface area contributed by atoms with E-state index in [4.69, 9.17) is 4.74 Å². The molecule has 0 unspecified atom stereocenters. The van der Waals surface area contributed by atoms with Gasteiger partial charge >= 0.3 is 5.97 Å². The largest absolute Gasteiger partial charge is 0.497 e. The Morgan fingerprint density at radius 2 is 1.95 bits per heavy atom. The standard InChI is InChI=1S/C15H18O5S/c1-20-11-4-2-5-12(8-11)21(18,19)15(13(16)17)9-14(10-15)6-3-7-14/h2,4-5,8H,3,6-7,9-10H2,1H3,(H,16,17). The number of sulfone groups is 1. The molecule has 0 aliphatic heterocycles. The van der Waals surface area contributed by atoms with Crippen LogP contribution in [0.15, 0.2) is 29.2 Å². The number of ether oxygens (including phenoxy) is 1. The number of carboxylic acid groups (broad SMARTS) is 1. The molecule has 1 N–H and O–H groups in total. The number of carboxylic acids is 1. The molecule has 2 saturated carbocycles. The van der Waals surface area contributed by atoms with E-state index < -0.39 is 20.6 Å². The van der Waals surface area contributed by atoms with Gasteiger partial charge in [0.15, 0.2) is 14.6 Å². The second kappa shape index (κ2) is 4.47. The van der Waals surface area contributed by atoms with E-state index in [0.29, 0.717) is 5.75 Å². The first kappa shape index (κ1) is 14.4. The van der Waals surface area contributed by atoms with Gasteiger partial charge in [-0.3, -0.25) is 4.79 Å². The van der Waals surface area contributed by atoms with Crippen LogP contribution in [0.2, 0.25) is 0 Å². The van der Waals surface area contributed by atoms with Crippen molar-refractivity contribution in [2.24, 2.45) is 5.41 Å². The summed E-state index contributed by atoms with van der Waals surface area (Å²) in [6, 6.07) is 6.04. The second-order valence-corrected chi connectivity index (χ2v) is 8.45. The highest BCUT2D eigenvalue weighted by atomic mass is 32.2. The molecule has 0 amide bonds. The van der Waals surface area contributed by atoms with Crippen LogP contribution in [0.3, 0.4) is 0 Å². The van der Waals surface area contributed by atoms with Gasteiger partial charge in [-0.1, -0.05) is 12.5 Å². The Morgan fingerprint density at radius 3 is 2.43 bits per heavy atom. The van der Waals surface area contributed by atoms with Gasteiger partial charge < -0.3 is 9.84 Å². The van der Waals surface area contributed by atoms with Crippen LogP contribution in [0.4, 0.5) is 0 Å². The maximum absolute atomic E-state index is 12.8. The lowest BCUT2D eigenvalue weighted by molar-refractivity contribution is -0.150. The van der Waals surface area contributed by atoms with Crippen molar-refractivity contribution >= 4 is 15.8 Å². The smallest absolute Gasteiger partial charge is 0.325 e. The quantitative estimate of drug-likeness (QED) is 0.922. The third-order valence-corrected chi connectivity index (χ3v) is 7.36. The summed E-state index contributed by atoms with van der Waals surface area (Å²) in [5.41, 5.74) is -0.0513. The molecule has 0 radical (unpaired) electrons. The van der Waals surface area contributed by atoms with Gasteiger partial charge in [0.25, 0.3) is 0 Å². The number of hydrogen-bond acceptors (Lipinski definition) is 4. The predicted molar refractivity (Wildman–Crippen MR) is 76.1 cm³/mol. The molecular formula is C15H18O5S. The molecule has 6 heteroatoms. The van der Waals surface area contributed by atoms with Gasteiger partial charge in [-0.25, -0.2) is 8.42 Å². The van der Waals surface area contributed by atoms with Crippen LogP contribution in [0.1, 0.15) is 32.1 Å². The van der Waals surface area contributed by atoms with Gasteiger partial charge in [-0.15, -0.1) is 0 Å².